The zero-order chi connectivity index (χ0) is 18.9. The lowest BCUT2D eigenvalue weighted by Gasteiger charge is -2.55. The monoisotopic (exact) mass is 411 g/mol. The average molecular weight is 412 g/mol. The van der Waals surface area contributed by atoms with Gasteiger partial charge in [0.2, 0.25) is 10.0 Å². The van der Waals surface area contributed by atoms with Crippen LogP contribution in [0.15, 0.2) is 29.2 Å². The molecule has 0 aromatic heterocycles. The van der Waals surface area contributed by atoms with Crippen LogP contribution in [0.25, 0.3) is 0 Å². The standard InChI is InChI=1S/C20H29N3O2S.ClH/c1-4-5-10-22-12-17-14-23(15-18(13-22)20(17,2)3)26(24,25)19-8-6-16(11-21)7-9-19;/h6-9,17-18H,4-5,10,12-15H2,1-3H3;1H. The lowest BCUT2D eigenvalue weighted by atomic mass is 9.64. The van der Waals surface area contributed by atoms with Crippen molar-refractivity contribution in [3.05, 3.63) is 29.8 Å². The Morgan fingerprint density at radius 2 is 1.67 bits per heavy atom. The van der Waals surface area contributed by atoms with Crippen LogP contribution in [0.3, 0.4) is 0 Å². The van der Waals surface area contributed by atoms with Gasteiger partial charge < -0.3 is 4.90 Å². The molecular weight excluding hydrogens is 382 g/mol. The van der Waals surface area contributed by atoms with Gasteiger partial charge >= 0.3 is 0 Å². The Labute approximate surface area is 169 Å². The molecule has 2 aliphatic heterocycles. The van der Waals surface area contributed by atoms with Crippen molar-refractivity contribution in [1.29, 1.82) is 5.26 Å². The van der Waals surface area contributed by atoms with Crippen LogP contribution in [-0.4, -0.2) is 50.3 Å². The molecule has 2 unspecified atom stereocenters. The summed E-state index contributed by atoms with van der Waals surface area (Å²) in [5, 5.41) is 8.92. The fraction of sp³-hybridized carbons (Fsp3) is 0.650. The SMILES string of the molecule is CCCCN1CC2CN(S(=O)(=O)c3ccc(C#N)cc3)CC(C1)C2(C)C.Cl. The highest BCUT2D eigenvalue weighted by Crippen LogP contribution is 2.45. The van der Waals surface area contributed by atoms with Crippen LogP contribution in [0.2, 0.25) is 0 Å². The first-order valence-electron chi connectivity index (χ1n) is 9.51. The highest BCUT2D eigenvalue weighted by Gasteiger charge is 2.49. The molecule has 150 valence electrons. The normalized spacial score (nSPS) is 25.4. The quantitative estimate of drug-likeness (QED) is 0.745. The van der Waals surface area contributed by atoms with Gasteiger partial charge in [-0.1, -0.05) is 27.2 Å². The number of unbranched alkanes of at least 4 members (excludes halogenated alkanes) is 1. The van der Waals surface area contributed by atoms with E-state index in [4.69, 9.17) is 5.26 Å². The Morgan fingerprint density at radius 1 is 1.11 bits per heavy atom. The molecule has 0 spiro atoms. The summed E-state index contributed by atoms with van der Waals surface area (Å²) in [6, 6.07) is 8.30. The van der Waals surface area contributed by atoms with Crippen molar-refractivity contribution < 1.29 is 8.42 Å². The van der Waals surface area contributed by atoms with Crippen molar-refractivity contribution >= 4 is 22.4 Å². The Kier molecular flexibility index (Phi) is 6.96. The third-order valence-electron chi connectivity index (χ3n) is 6.36. The number of nitrogens with zero attached hydrogens (tertiary/aromatic N) is 3. The molecular formula is C20H30ClN3O2S. The molecule has 0 N–H and O–H groups in total. The number of rotatable bonds is 5. The van der Waals surface area contributed by atoms with Crippen molar-refractivity contribution in [2.45, 2.75) is 38.5 Å². The number of nitriles is 1. The molecule has 3 rings (SSSR count). The summed E-state index contributed by atoms with van der Waals surface area (Å²) in [7, 11) is -3.51. The van der Waals surface area contributed by atoms with Gasteiger partial charge in [-0.05, 0) is 54.5 Å². The summed E-state index contributed by atoms with van der Waals surface area (Å²) in [6.07, 6.45) is 2.39. The molecule has 0 amide bonds. The van der Waals surface area contributed by atoms with Crippen LogP contribution in [0.1, 0.15) is 39.2 Å². The molecule has 2 saturated heterocycles. The molecule has 0 aliphatic carbocycles. The number of likely N-dealkylation sites (tertiary alicyclic amines) is 1. The maximum atomic E-state index is 13.1. The number of hydrogen-bond donors (Lipinski definition) is 0. The van der Waals surface area contributed by atoms with Crippen LogP contribution >= 0.6 is 12.4 Å². The third-order valence-corrected chi connectivity index (χ3v) is 8.20. The molecule has 7 heteroatoms. The summed E-state index contributed by atoms with van der Waals surface area (Å²) in [5.74, 6) is 0.694. The summed E-state index contributed by atoms with van der Waals surface area (Å²) in [6.45, 7) is 11.0. The topological polar surface area (TPSA) is 64.4 Å². The fourth-order valence-corrected chi connectivity index (χ4v) is 5.80. The van der Waals surface area contributed by atoms with E-state index in [0.29, 0.717) is 30.5 Å². The van der Waals surface area contributed by atoms with E-state index < -0.39 is 10.0 Å². The summed E-state index contributed by atoms with van der Waals surface area (Å²) >= 11 is 0. The molecule has 1 aromatic carbocycles. The minimum atomic E-state index is -3.51. The number of hydrogen-bond acceptors (Lipinski definition) is 4. The van der Waals surface area contributed by atoms with Gasteiger partial charge in [-0.15, -0.1) is 12.4 Å². The minimum Gasteiger partial charge on any atom is -0.303 e. The number of fused-ring (bicyclic) bond motifs is 2. The van der Waals surface area contributed by atoms with Crippen LogP contribution in [0, 0.1) is 28.6 Å². The molecule has 1 aromatic rings. The second-order valence-corrected chi connectivity index (χ2v) is 10.2. The van der Waals surface area contributed by atoms with E-state index in [2.05, 4.69) is 25.7 Å². The Bertz CT molecular complexity index is 768. The van der Waals surface area contributed by atoms with Gasteiger partial charge in [-0.3, -0.25) is 0 Å². The van der Waals surface area contributed by atoms with E-state index >= 15 is 0 Å². The lowest BCUT2D eigenvalue weighted by molar-refractivity contribution is -0.0493. The van der Waals surface area contributed by atoms with Gasteiger partial charge in [-0.2, -0.15) is 9.57 Å². The molecule has 2 aliphatic rings. The molecule has 5 nitrogen and oxygen atoms in total. The molecule has 2 fully saturated rings. The predicted molar refractivity (Wildman–Crippen MR) is 109 cm³/mol. The van der Waals surface area contributed by atoms with Gasteiger partial charge in [0.25, 0.3) is 0 Å². The fourth-order valence-electron chi connectivity index (χ4n) is 4.27. The van der Waals surface area contributed by atoms with Crippen molar-refractivity contribution in [3.8, 4) is 6.07 Å². The van der Waals surface area contributed by atoms with Gasteiger partial charge in [0.1, 0.15) is 0 Å². The van der Waals surface area contributed by atoms with Crippen molar-refractivity contribution in [1.82, 2.24) is 9.21 Å². The van der Waals surface area contributed by atoms with E-state index in [1.807, 2.05) is 6.07 Å². The summed E-state index contributed by atoms with van der Waals surface area (Å²) < 4.78 is 27.9. The molecule has 2 heterocycles. The highest BCUT2D eigenvalue weighted by molar-refractivity contribution is 7.89. The number of sulfonamides is 1. The van der Waals surface area contributed by atoms with E-state index in [9.17, 15) is 8.42 Å². The predicted octanol–water partition coefficient (Wildman–Crippen LogP) is 3.36. The van der Waals surface area contributed by atoms with Gasteiger partial charge in [0.15, 0.2) is 0 Å². The highest BCUT2D eigenvalue weighted by atomic mass is 35.5. The first-order valence-corrected chi connectivity index (χ1v) is 11.0. The van der Waals surface area contributed by atoms with Crippen molar-refractivity contribution in [3.63, 3.8) is 0 Å². The third kappa shape index (κ3) is 4.32. The van der Waals surface area contributed by atoms with Crippen LogP contribution in [0.4, 0.5) is 0 Å². The summed E-state index contributed by atoms with van der Waals surface area (Å²) in [5.41, 5.74) is 0.645. The maximum Gasteiger partial charge on any atom is 0.243 e. The second kappa shape index (κ2) is 8.48. The van der Waals surface area contributed by atoms with Gasteiger partial charge in [0, 0.05) is 26.2 Å². The average Bonchev–Trinajstić information content (AvgIpc) is 2.59. The molecule has 0 radical (unpaired) electrons. The summed E-state index contributed by atoms with van der Waals surface area (Å²) in [4.78, 5) is 2.81. The van der Waals surface area contributed by atoms with Gasteiger partial charge in [0.05, 0.1) is 16.5 Å². The zero-order valence-electron chi connectivity index (χ0n) is 16.4. The number of halogens is 1. The second-order valence-electron chi connectivity index (χ2n) is 8.29. The van der Waals surface area contributed by atoms with Gasteiger partial charge in [-0.25, -0.2) is 8.42 Å². The molecule has 2 bridgehead atoms. The molecule has 0 saturated carbocycles. The zero-order valence-corrected chi connectivity index (χ0v) is 18.0. The van der Waals surface area contributed by atoms with Crippen LogP contribution < -0.4 is 0 Å². The van der Waals surface area contributed by atoms with E-state index in [-0.39, 0.29) is 22.7 Å². The van der Waals surface area contributed by atoms with Crippen LogP contribution in [0.5, 0.6) is 0 Å². The Hall–Kier alpha value is -1.13. The van der Waals surface area contributed by atoms with E-state index in [0.717, 1.165) is 19.6 Å². The van der Waals surface area contributed by atoms with Crippen LogP contribution in [-0.2, 0) is 10.0 Å². The first-order chi connectivity index (χ1) is 12.3. The Morgan fingerprint density at radius 3 is 2.15 bits per heavy atom. The maximum absolute atomic E-state index is 13.1. The first kappa shape index (κ1) is 22.2. The van der Waals surface area contributed by atoms with E-state index in [1.165, 1.54) is 12.8 Å². The van der Waals surface area contributed by atoms with E-state index in [1.54, 1.807) is 28.6 Å². The molecule has 2 atom stereocenters. The lowest BCUT2D eigenvalue weighted by Crippen LogP contribution is -2.62. The smallest absolute Gasteiger partial charge is 0.243 e. The molecule has 27 heavy (non-hydrogen) atoms. The minimum absolute atomic E-state index is 0. The Balaban J connectivity index is 0.00000261. The van der Waals surface area contributed by atoms with Crippen molar-refractivity contribution in [2.24, 2.45) is 17.3 Å². The number of piperidine rings is 2. The van der Waals surface area contributed by atoms with Crippen molar-refractivity contribution in [2.75, 3.05) is 32.7 Å². The number of benzene rings is 1. The largest absolute Gasteiger partial charge is 0.303 e.